The van der Waals surface area contributed by atoms with Gasteiger partial charge in [0.25, 0.3) is 0 Å². The van der Waals surface area contributed by atoms with Crippen molar-refractivity contribution < 1.29 is 14.3 Å². The fourth-order valence-corrected chi connectivity index (χ4v) is 2.87. The van der Waals surface area contributed by atoms with E-state index < -0.39 is 5.97 Å². The highest BCUT2D eigenvalue weighted by Crippen LogP contribution is 2.32. The molecule has 0 radical (unpaired) electrons. The van der Waals surface area contributed by atoms with Gasteiger partial charge in [-0.25, -0.2) is 9.78 Å². The highest BCUT2D eigenvalue weighted by atomic mass is 79.9. The van der Waals surface area contributed by atoms with Crippen LogP contribution in [0.3, 0.4) is 0 Å². The van der Waals surface area contributed by atoms with Gasteiger partial charge in [-0.15, -0.1) is 0 Å². The van der Waals surface area contributed by atoms with Crippen LogP contribution in [0.2, 0.25) is 0 Å². The standard InChI is InChI=1S/C21H17BrN2O3/c1-12(2)21(26)27-20-11-18(24-19-10-15(22)6-9-17(19)20)14-4-7-16(8-5-14)23-13(3)25/h4-11H,1H2,2-3H3,(H,23,25). The number of fused-ring (bicyclic) bond motifs is 1. The molecule has 1 amide bonds. The highest BCUT2D eigenvalue weighted by molar-refractivity contribution is 9.10. The summed E-state index contributed by atoms with van der Waals surface area (Å²) in [6.45, 7) is 6.69. The van der Waals surface area contributed by atoms with E-state index in [1.54, 1.807) is 25.1 Å². The van der Waals surface area contributed by atoms with E-state index in [1.165, 1.54) is 6.92 Å². The first-order chi connectivity index (χ1) is 12.8. The largest absolute Gasteiger partial charge is 0.422 e. The van der Waals surface area contributed by atoms with Gasteiger partial charge < -0.3 is 10.1 Å². The average molecular weight is 425 g/mol. The Bertz CT molecular complexity index is 1060. The van der Waals surface area contributed by atoms with Gasteiger partial charge in [0.1, 0.15) is 5.75 Å². The van der Waals surface area contributed by atoms with Crippen LogP contribution in [0, 0.1) is 0 Å². The quantitative estimate of drug-likeness (QED) is 0.466. The zero-order chi connectivity index (χ0) is 19.6. The van der Waals surface area contributed by atoms with E-state index >= 15 is 0 Å². The van der Waals surface area contributed by atoms with Crippen molar-refractivity contribution in [1.29, 1.82) is 0 Å². The number of nitrogens with one attached hydrogen (secondary N) is 1. The molecule has 3 aromatic rings. The van der Waals surface area contributed by atoms with Crippen molar-refractivity contribution in [3.05, 3.63) is 65.2 Å². The van der Waals surface area contributed by atoms with Gasteiger partial charge in [0.2, 0.25) is 5.91 Å². The van der Waals surface area contributed by atoms with E-state index in [4.69, 9.17) is 4.74 Å². The lowest BCUT2D eigenvalue weighted by Crippen LogP contribution is -2.09. The lowest BCUT2D eigenvalue weighted by Gasteiger charge is -2.11. The SMILES string of the molecule is C=C(C)C(=O)Oc1cc(-c2ccc(NC(C)=O)cc2)nc2cc(Br)ccc12. The molecule has 136 valence electrons. The van der Waals surface area contributed by atoms with Gasteiger partial charge >= 0.3 is 5.97 Å². The zero-order valence-electron chi connectivity index (χ0n) is 14.9. The van der Waals surface area contributed by atoms with Crippen LogP contribution in [0.5, 0.6) is 5.75 Å². The van der Waals surface area contributed by atoms with E-state index in [0.29, 0.717) is 28.2 Å². The summed E-state index contributed by atoms with van der Waals surface area (Å²) in [5, 5.41) is 3.45. The number of anilines is 1. The molecule has 0 fully saturated rings. The molecular weight excluding hydrogens is 408 g/mol. The summed E-state index contributed by atoms with van der Waals surface area (Å²) in [5.74, 6) is -0.204. The van der Waals surface area contributed by atoms with Crippen molar-refractivity contribution in [2.45, 2.75) is 13.8 Å². The minimum Gasteiger partial charge on any atom is -0.422 e. The highest BCUT2D eigenvalue weighted by Gasteiger charge is 2.13. The topological polar surface area (TPSA) is 68.3 Å². The molecule has 0 saturated heterocycles. The summed E-state index contributed by atoms with van der Waals surface area (Å²) >= 11 is 3.44. The molecule has 1 N–H and O–H groups in total. The number of ether oxygens (including phenoxy) is 1. The number of halogens is 1. The third-order valence-electron chi connectivity index (χ3n) is 3.79. The summed E-state index contributed by atoms with van der Waals surface area (Å²) in [5.41, 5.74) is 3.19. The first-order valence-electron chi connectivity index (χ1n) is 8.19. The van der Waals surface area contributed by atoms with Crippen molar-refractivity contribution in [2.75, 3.05) is 5.32 Å². The molecule has 5 nitrogen and oxygen atoms in total. The fourth-order valence-electron chi connectivity index (χ4n) is 2.52. The summed E-state index contributed by atoms with van der Waals surface area (Å²) in [4.78, 5) is 27.9. The summed E-state index contributed by atoms with van der Waals surface area (Å²) < 4.78 is 6.39. The Morgan fingerprint density at radius 3 is 2.41 bits per heavy atom. The fraction of sp³-hybridized carbons (Fsp3) is 0.0952. The van der Waals surface area contributed by atoms with E-state index in [2.05, 4.69) is 32.8 Å². The normalized spacial score (nSPS) is 10.5. The number of nitrogens with zero attached hydrogens (tertiary/aromatic N) is 1. The van der Waals surface area contributed by atoms with Gasteiger partial charge in [-0.05, 0) is 37.3 Å². The lowest BCUT2D eigenvalue weighted by atomic mass is 10.1. The van der Waals surface area contributed by atoms with E-state index in [9.17, 15) is 9.59 Å². The maximum Gasteiger partial charge on any atom is 0.338 e. The molecule has 1 aromatic heterocycles. The molecule has 0 atom stereocenters. The van der Waals surface area contributed by atoms with Crippen molar-refractivity contribution in [2.24, 2.45) is 0 Å². The molecule has 0 aliphatic heterocycles. The predicted octanol–water partition coefficient (Wildman–Crippen LogP) is 5.10. The number of pyridine rings is 1. The molecule has 0 bridgehead atoms. The summed E-state index contributed by atoms with van der Waals surface area (Å²) in [6, 6.07) is 14.6. The predicted molar refractivity (Wildman–Crippen MR) is 110 cm³/mol. The number of hydrogen-bond acceptors (Lipinski definition) is 4. The molecule has 0 spiro atoms. The Morgan fingerprint density at radius 1 is 1.07 bits per heavy atom. The van der Waals surface area contributed by atoms with E-state index in [0.717, 1.165) is 15.4 Å². The number of aromatic nitrogens is 1. The number of carbonyl (C=O) groups excluding carboxylic acids is 2. The van der Waals surface area contributed by atoms with Crippen LogP contribution in [-0.4, -0.2) is 16.9 Å². The number of rotatable bonds is 4. The molecule has 0 aliphatic rings. The molecule has 0 unspecified atom stereocenters. The first kappa shape index (κ1) is 18.8. The molecule has 27 heavy (non-hydrogen) atoms. The number of hydrogen-bond donors (Lipinski definition) is 1. The van der Waals surface area contributed by atoms with Gasteiger partial charge in [0.05, 0.1) is 11.2 Å². The van der Waals surface area contributed by atoms with E-state index in [1.807, 2.05) is 30.3 Å². The second-order valence-electron chi connectivity index (χ2n) is 6.10. The Morgan fingerprint density at radius 2 is 1.78 bits per heavy atom. The van der Waals surface area contributed by atoms with Crippen LogP contribution in [-0.2, 0) is 9.59 Å². The average Bonchev–Trinajstić information content (AvgIpc) is 2.61. The third kappa shape index (κ3) is 4.41. The smallest absolute Gasteiger partial charge is 0.338 e. The van der Waals surface area contributed by atoms with Crippen molar-refractivity contribution >= 4 is 44.4 Å². The number of carbonyl (C=O) groups is 2. The number of amides is 1. The third-order valence-corrected chi connectivity index (χ3v) is 4.28. The minimum absolute atomic E-state index is 0.134. The first-order valence-corrected chi connectivity index (χ1v) is 8.99. The number of esters is 1. The Labute approximate surface area is 165 Å². The Kier molecular flexibility index (Phi) is 5.37. The van der Waals surface area contributed by atoms with Gasteiger partial charge in [-0.3, -0.25) is 4.79 Å². The van der Waals surface area contributed by atoms with Gasteiger partial charge in [0, 0.05) is 39.7 Å². The van der Waals surface area contributed by atoms with E-state index in [-0.39, 0.29) is 5.91 Å². The second kappa shape index (κ2) is 7.72. The van der Waals surface area contributed by atoms with Gasteiger partial charge in [0.15, 0.2) is 0 Å². The van der Waals surface area contributed by atoms with Crippen LogP contribution in [0.15, 0.2) is 65.2 Å². The van der Waals surface area contributed by atoms with Crippen molar-refractivity contribution in [1.82, 2.24) is 4.98 Å². The molecule has 6 heteroatoms. The minimum atomic E-state index is -0.489. The molecule has 0 aliphatic carbocycles. The maximum absolute atomic E-state index is 12.0. The molecule has 0 saturated carbocycles. The summed E-state index contributed by atoms with van der Waals surface area (Å²) in [7, 11) is 0. The van der Waals surface area contributed by atoms with Crippen LogP contribution < -0.4 is 10.1 Å². The molecule has 3 rings (SSSR count). The number of benzene rings is 2. The zero-order valence-corrected chi connectivity index (χ0v) is 16.5. The van der Waals surface area contributed by atoms with Crippen LogP contribution >= 0.6 is 15.9 Å². The molecule has 1 heterocycles. The lowest BCUT2D eigenvalue weighted by molar-refractivity contribution is -0.130. The molecular formula is C21H17BrN2O3. The van der Waals surface area contributed by atoms with Crippen molar-refractivity contribution in [3.8, 4) is 17.0 Å². The second-order valence-corrected chi connectivity index (χ2v) is 7.01. The van der Waals surface area contributed by atoms with Gasteiger partial charge in [-0.2, -0.15) is 0 Å². The Balaban J connectivity index is 2.08. The molecule has 2 aromatic carbocycles. The monoisotopic (exact) mass is 424 g/mol. The van der Waals surface area contributed by atoms with Crippen LogP contribution in [0.25, 0.3) is 22.2 Å². The van der Waals surface area contributed by atoms with Crippen molar-refractivity contribution in [3.63, 3.8) is 0 Å². The maximum atomic E-state index is 12.0. The van der Waals surface area contributed by atoms with Gasteiger partial charge in [-0.1, -0.05) is 34.6 Å². The van der Waals surface area contributed by atoms with Crippen LogP contribution in [0.1, 0.15) is 13.8 Å². The Hall–Kier alpha value is -2.99. The summed E-state index contributed by atoms with van der Waals surface area (Å²) in [6.07, 6.45) is 0. The van der Waals surface area contributed by atoms with Crippen LogP contribution in [0.4, 0.5) is 5.69 Å².